The third-order valence-electron chi connectivity index (χ3n) is 2.94. The summed E-state index contributed by atoms with van der Waals surface area (Å²) in [6, 6.07) is 11.6. The zero-order valence-electron chi connectivity index (χ0n) is 11.4. The molecule has 5 heteroatoms. The third kappa shape index (κ3) is 3.27. The molecule has 0 saturated heterocycles. The maximum Gasteiger partial charge on any atom is 0.265 e. The highest BCUT2D eigenvalue weighted by Gasteiger charge is 2.08. The SMILES string of the molecule is CCn1c(-c2ccc(OCSC)cc2)ccc(Br)c1=O. The van der Waals surface area contributed by atoms with Gasteiger partial charge in [-0.1, -0.05) is 0 Å². The summed E-state index contributed by atoms with van der Waals surface area (Å²) in [6.07, 6.45) is 2.00. The van der Waals surface area contributed by atoms with Gasteiger partial charge in [-0.15, -0.1) is 11.8 Å². The first-order valence-electron chi connectivity index (χ1n) is 6.29. The van der Waals surface area contributed by atoms with Crippen LogP contribution in [0.5, 0.6) is 5.75 Å². The number of aromatic nitrogens is 1. The fourth-order valence-electron chi connectivity index (χ4n) is 1.97. The van der Waals surface area contributed by atoms with Crippen molar-refractivity contribution in [2.45, 2.75) is 13.5 Å². The molecule has 106 valence electrons. The number of ether oxygens (including phenoxy) is 1. The number of rotatable bonds is 5. The van der Waals surface area contributed by atoms with Crippen molar-refractivity contribution in [3.8, 4) is 17.0 Å². The standard InChI is InChI=1S/C15H16BrNO2S/c1-3-17-14(9-8-13(16)15(17)18)11-4-6-12(7-5-11)19-10-20-2/h4-9H,3,10H2,1-2H3. The van der Waals surface area contributed by atoms with Crippen molar-refractivity contribution < 1.29 is 4.74 Å². The van der Waals surface area contributed by atoms with E-state index in [0.29, 0.717) is 17.0 Å². The van der Waals surface area contributed by atoms with Crippen molar-refractivity contribution in [3.63, 3.8) is 0 Å². The number of nitrogens with zero attached hydrogens (tertiary/aromatic N) is 1. The molecule has 0 aliphatic rings. The van der Waals surface area contributed by atoms with E-state index in [9.17, 15) is 4.79 Å². The van der Waals surface area contributed by atoms with Crippen molar-refractivity contribution >= 4 is 27.7 Å². The van der Waals surface area contributed by atoms with E-state index in [2.05, 4.69) is 15.9 Å². The van der Waals surface area contributed by atoms with Crippen LogP contribution in [0.2, 0.25) is 0 Å². The molecule has 20 heavy (non-hydrogen) atoms. The van der Waals surface area contributed by atoms with Crippen molar-refractivity contribution in [2.24, 2.45) is 0 Å². The van der Waals surface area contributed by atoms with Gasteiger partial charge in [0.25, 0.3) is 5.56 Å². The molecule has 0 atom stereocenters. The molecule has 1 aromatic carbocycles. The molecule has 0 unspecified atom stereocenters. The Labute approximate surface area is 131 Å². The van der Waals surface area contributed by atoms with E-state index < -0.39 is 0 Å². The zero-order chi connectivity index (χ0) is 14.5. The molecular weight excluding hydrogens is 338 g/mol. The quantitative estimate of drug-likeness (QED) is 0.761. The number of thioether (sulfide) groups is 1. The van der Waals surface area contributed by atoms with Gasteiger partial charge in [-0.25, -0.2) is 0 Å². The number of hydrogen-bond acceptors (Lipinski definition) is 3. The maximum absolute atomic E-state index is 12.1. The predicted octanol–water partition coefficient (Wildman–Crippen LogP) is 4.00. The molecule has 2 aromatic rings. The third-order valence-corrected chi connectivity index (χ3v) is 3.89. The molecular formula is C15H16BrNO2S. The van der Waals surface area contributed by atoms with Crippen LogP contribution in [0, 0.1) is 0 Å². The fourth-order valence-corrected chi connectivity index (χ4v) is 2.57. The van der Waals surface area contributed by atoms with Gasteiger partial charge in [-0.3, -0.25) is 4.79 Å². The Morgan fingerprint density at radius 3 is 2.50 bits per heavy atom. The summed E-state index contributed by atoms with van der Waals surface area (Å²) in [5.41, 5.74) is 1.91. The van der Waals surface area contributed by atoms with E-state index >= 15 is 0 Å². The van der Waals surface area contributed by atoms with Crippen molar-refractivity contribution in [2.75, 3.05) is 12.2 Å². The van der Waals surface area contributed by atoms with Gasteiger partial charge in [0.05, 0.1) is 10.2 Å². The van der Waals surface area contributed by atoms with Crippen LogP contribution in [0.15, 0.2) is 45.7 Å². The van der Waals surface area contributed by atoms with Gasteiger partial charge in [-0.05, 0) is 71.1 Å². The summed E-state index contributed by atoms with van der Waals surface area (Å²) in [5.74, 6) is 1.47. The molecule has 0 fully saturated rings. The van der Waals surface area contributed by atoms with Crippen molar-refractivity contribution in [3.05, 3.63) is 51.2 Å². The first kappa shape index (κ1) is 15.2. The van der Waals surface area contributed by atoms with Crippen LogP contribution in [0.3, 0.4) is 0 Å². The van der Waals surface area contributed by atoms with E-state index in [1.54, 1.807) is 22.4 Å². The van der Waals surface area contributed by atoms with Gasteiger partial charge >= 0.3 is 0 Å². The molecule has 1 heterocycles. The van der Waals surface area contributed by atoms with Crippen LogP contribution in [-0.2, 0) is 6.54 Å². The minimum Gasteiger partial charge on any atom is -0.483 e. The average molecular weight is 354 g/mol. The Morgan fingerprint density at radius 2 is 1.90 bits per heavy atom. The van der Waals surface area contributed by atoms with Crippen molar-refractivity contribution in [1.82, 2.24) is 4.57 Å². The molecule has 2 rings (SSSR count). The van der Waals surface area contributed by atoms with E-state index in [0.717, 1.165) is 17.0 Å². The summed E-state index contributed by atoms with van der Waals surface area (Å²) < 4.78 is 7.87. The van der Waals surface area contributed by atoms with Crippen LogP contribution in [0.1, 0.15) is 6.92 Å². The molecule has 0 radical (unpaired) electrons. The van der Waals surface area contributed by atoms with Gasteiger partial charge in [0.2, 0.25) is 0 Å². The first-order chi connectivity index (χ1) is 9.67. The van der Waals surface area contributed by atoms with Gasteiger partial charge in [0.15, 0.2) is 0 Å². The highest BCUT2D eigenvalue weighted by Crippen LogP contribution is 2.23. The first-order valence-corrected chi connectivity index (χ1v) is 8.47. The van der Waals surface area contributed by atoms with E-state index in [1.807, 2.05) is 43.5 Å². The summed E-state index contributed by atoms with van der Waals surface area (Å²) in [7, 11) is 0. The van der Waals surface area contributed by atoms with Gasteiger partial charge in [-0.2, -0.15) is 0 Å². The van der Waals surface area contributed by atoms with Crippen LogP contribution in [-0.4, -0.2) is 16.8 Å². The topological polar surface area (TPSA) is 31.2 Å². The van der Waals surface area contributed by atoms with Gasteiger partial charge in [0.1, 0.15) is 11.7 Å². The maximum atomic E-state index is 12.1. The average Bonchev–Trinajstić information content (AvgIpc) is 2.48. The molecule has 0 aliphatic heterocycles. The molecule has 0 amide bonds. The normalized spacial score (nSPS) is 10.6. The second-order valence-electron chi connectivity index (χ2n) is 4.19. The largest absolute Gasteiger partial charge is 0.483 e. The fraction of sp³-hybridized carbons (Fsp3) is 0.267. The predicted molar refractivity (Wildman–Crippen MR) is 88.5 cm³/mol. The van der Waals surface area contributed by atoms with Crippen LogP contribution in [0.25, 0.3) is 11.3 Å². The number of benzene rings is 1. The lowest BCUT2D eigenvalue weighted by atomic mass is 10.1. The molecule has 0 spiro atoms. The highest BCUT2D eigenvalue weighted by atomic mass is 79.9. The smallest absolute Gasteiger partial charge is 0.265 e. The Hall–Kier alpha value is -1.20. The minimum absolute atomic E-state index is 0.00675. The van der Waals surface area contributed by atoms with E-state index in [1.165, 1.54) is 0 Å². The molecule has 0 N–H and O–H groups in total. The minimum atomic E-state index is -0.00675. The lowest BCUT2D eigenvalue weighted by molar-refractivity contribution is 0.393. The Morgan fingerprint density at radius 1 is 1.20 bits per heavy atom. The molecule has 1 aromatic heterocycles. The summed E-state index contributed by atoms with van der Waals surface area (Å²) in [4.78, 5) is 12.1. The van der Waals surface area contributed by atoms with Crippen molar-refractivity contribution in [1.29, 1.82) is 0 Å². The summed E-state index contributed by atoms with van der Waals surface area (Å²) in [5, 5.41) is 0. The highest BCUT2D eigenvalue weighted by molar-refractivity contribution is 9.10. The molecule has 3 nitrogen and oxygen atoms in total. The second-order valence-corrected chi connectivity index (χ2v) is 5.86. The van der Waals surface area contributed by atoms with E-state index in [-0.39, 0.29) is 5.56 Å². The Kier molecular flexibility index (Phi) is 5.31. The van der Waals surface area contributed by atoms with Crippen LogP contribution < -0.4 is 10.3 Å². The molecule has 0 saturated carbocycles. The van der Waals surface area contributed by atoms with Crippen LogP contribution >= 0.6 is 27.7 Å². The lowest BCUT2D eigenvalue weighted by Crippen LogP contribution is -2.21. The van der Waals surface area contributed by atoms with E-state index in [4.69, 9.17) is 4.74 Å². The number of pyridine rings is 1. The number of hydrogen-bond donors (Lipinski definition) is 0. The van der Waals surface area contributed by atoms with Crippen LogP contribution in [0.4, 0.5) is 0 Å². The second kappa shape index (κ2) is 6.99. The Balaban J connectivity index is 2.37. The summed E-state index contributed by atoms with van der Waals surface area (Å²) in [6.45, 7) is 2.60. The number of halogens is 1. The zero-order valence-corrected chi connectivity index (χ0v) is 13.8. The van der Waals surface area contributed by atoms with Gasteiger partial charge in [0, 0.05) is 6.54 Å². The summed E-state index contributed by atoms with van der Waals surface area (Å²) >= 11 is 4.91. The molecule has 0 aliphatic carbocycles. The monoisotopic (exact) mass is 353 g/mol. The Bertz CT molecular complexity index is 637. The molecule has 0 bridgehead atoms. The van der Waals surface area contributed by atoms with Gasteiger partial charge < -0.3 is 9.30 Å². The lowest BCUT2D eigenvalue weighted by Gasteiger charge is -2.12.